The van der Waals surface area contributed by atoms with Crippen LogP contribution in [0.1, 0.15) is 49.9 Å². The summed E-state index contributed by atoms with van der Waals surface area (Å²) in [7, 11) is 0. The van der Waals surface area contributed by atoms with Crippen molar-refractivity contribution in [2.75, 3.05) is 14.7 Å². The van der Waals surface area contributed by atoms with Gasteiger partial charge in [-0.25, -0.2) is 0 Å². The van der Waals surface area contributed by atoms with Crippen LogP contribution in [0.15, 0.2) is 328 Å². The molecule has 0 fully saturated rings. The van der Waals surface area contributed by atoms with Gasteiger partial charge in [0.25, 0.3) is 0 Å². The average Bonchev–Trinajstić information content (AvgIpc) is 1.80. The van der Waals surface area contributed by atoms with Gasteiger partial charge in [-0.3, -0.25) is 0 Å². The summed E-state index contributed by atoms with van der Waals surface area (Å²) in [6.07, 6.45) is 0. The van der Waals surface area contributed by atoms with Crippen molar-refractivity contribution in [2.45, 2.75) is 38.5 Å². The summed E-state index contributed by atoms with van der Waals surface area (Å²) in [6.45, 7) is 9.52. The Kier molecular flexibility index (Phi) is 13.2. The zero-order chi connectivity index (χ0) is 60.5. The largest absolute Gasteiger partial charge is 0.311 e. The lowest BCUT2D eigenvalue weighted by Crippen LogP contribution is -2.16. The topological polar surface area (TPSA) is 14.7 Å². The Balaban J connectivity index is 0.785. The monoisotopic (exact) mass is 1150 g/mol. The maximum atomic E-state index is 2.49. The number of nitrogens with zero attached hydrogens (tertiary/aromatic N) is 4. The molecule has 4 nitrogen and oxygen atoms in total. The molecule has 0 saturated heterocycles. The highest BCUT2D eigenvalue weighted by molar-refractivity contribution is 6.09. The Morgan fingerprint density at radius 3 is 1.13 bits per heavy atom. The number of hydrogen-bond donors (Lipinski definition) is 0. The van der Waals surface area contributed by atoms with Gasteiger partial charge in [0.2, 0.25) is 0 Å². The van der Waals surface area contributed by atoms with Crippen LogP contribution in [0.4, 0.5) is 51.2 Å². The molecule has 0 unspecified atom stereocenters. The van der Waals surface area contributed by atoms with Gasteiger partial charge in [-0.15, -0.1) is 0 Å². The van der Waals surface area contributed by atoms with Gasteiger partial charge in [-0.2, -0.15) is 0 Å². The second-order valence-electron chi connectivity index (χ2n) is 24.9. The standard InChI is InChI=1S/C86H66N4/c1-85(2)78-38-24-23-37-73(78)74-54-52-72(56-80(74)85)89(65-33-19-9-20-34-65)71-50-48-70(49-51-71)88(69-46-44-68(45-47-69)87(63-29-15-7-16-30-63)64-31-17-8-18-32-64)67-42-39-59(40-43-67)62-41-53-75-76-57-77-82(58-81(76)86(3,4)79(75)55-62)90(66-35-21-10-22-36-66)84(61-27-13-6-14-28-61)83(77)60-25-11-5-12-26-60/h5-58H,1-4H3. The molecule has 0 bridgehead atoms. The number of aromatic nitrogens is 1. The molecule has 2 aliphatic carbocycles. The van der Waals surface area contributed by atoms with Crippen LogP contribution in [-0.2, 0) is 10.8 Å². The van der Waals surface area contributed by atoms with Crippen molar-refractivity contribution in [3.8, 4) is 61.5 Å². The summed E-state index contributed by atoms with van der Waals surface area (Å²) in [5, 5.41) is 1.24. The van der Waals surface area contributed by atoms with Crippen molar-refractivity contribution >= 4 is 62.1 Å². The molecule has 90 heavy (non-hydrogen) atoms. The van der Waals surface area contributed by atoms with Gasteiger partial charge in [0, 0.05) is 78.7 Å². The molecule has 1 aromatic heterocycles. The van der Waals surface area contributed by atoms with Crippen molar-refractivity contribution < 1.29 is 0 Å². The number of hydrogen-bond acceptors (Lipinski definition) is 3. The third kappa shape index (κ3) is 9.13. The smallest absolute Gasteiger partial charge is 0.0619 e. The highest BCUT2D eigenvalue weighted by atomic mass is 15.2. The number of anilines is 9. The van der Waals surface area contributed by atoms with E-state index in [0.29, 0.717) is 0 Å². The van der Waals surface area contributed by atoms with E-state index in [2.05, 4.69) is 375 Å². The van der Waals surface area contributed by atoms with Crippen molar-refractivity contribution in [3.63, 3.8) is 0 Å². The molecule has 430 valence electrons. The van der Waals surface area contributed by atoms with E-state index in [0.717, 1.165) is 56.9 Å². The number of rotatable bonds is 13. The lowest BCUT2D eigenvalue weighted by molar-refractivity contribution is 0.660. The van der Waals surface area contributed by atoms with E-state index in [-0.39, 0.29) is 10.8 Å². The molecule has 0 atom stereocenters. The Labute approximate surface area is 528 Å². The molecule has 13 aromatic carbocycles. The molecular weight excluding hydrogens is 1090 g/mol. The van der Waals surface area contributed by atoms with E-state index in [1.807, 2.05) is 0 Å². The lowest BCUT2D eigenvalue weighted by atomic mass is 9.81. The number of benzene rings is 13. The molecule has 0 aliphatic heterocycles. The van der Waals surface area contributed by atoms with Crippen molar-refractivity contribution in [1.82, 2.24) is 4.57 Å². The van der Waals surface area contributed by atoms with E-state index in [4.69, 9.17) is 0 Å². The van der Waals surface area contributed by atoms with Crippen LogP contribution < -0.4 is 14.7 Å². The fourth-order valence-corrected chi connectivity index (χ4v) is 14.5. The molecule has 0 radical (unpaired) electrons. The molecule has 4 heteroatoms. The van der Waals surface area contributed by atoms with Crippen LogP contribution in [0.25, 0.3) is 72.4 Å². The summed E-state index contributed by atoms with van der Waals surface area (Å²) < 4.78 is 2.49. The lowest BCUT2D eigenvalue weighted by Gasteiger charge is -2.30. The normalized spacial score (nSPS) is 13.1. The number of para-hydroxylation sites is 4. The summed E-state index contributed by atoms with van der Waals surface area (Å²) in [6, 6.07) is 120. The average molecular weight is 1160 g/mol. The van der Waals surface area contributed by atoms with Crippen LogP contribution in [0, 0.1) is 0 Å². The van der Waals surface area contributed by atoms with Gasteiger partial charge < -0.3 is 19.3 Å². The van der Waals surface area contributed by atoms with Crippen LogP contribution in [0.3, 0.4) is 0 Å². The Bertz CT molecular complexity index is 4900. The van der Waals surface area contributed by atoms with Crippen molar-refractivity contribution in [1.29, 1.82) is 0 Å². The number of fused-ring (bicyclic) bond motifs is 7. The van der Waals surface area contributed by atoms with Gasteiger partial charge in [-0.05, 0) is 206 Å². The highest BCUT2D eigenvalue weighted by Crippen LogP contribution is 2.55. The zero-order valence-electron chi connectivity index (χ0n) is 51.0. The summed E-state index contributed by atoms with van der Waals surface area (Å²) in [5.74, 6) is 0. The molecular formula is C86H66N4. The molecule has 0 amide bonds. The maximum absolute atomic E-state index is 2.49. The first kappa shape index (κ1) is 54.2. The van der Waals surface area contributed by atoms with Crippen LogP contribution >= 0.6 is 0 Å². The molecule has 2 aliphatic rings. The molecule has 0 saturated carbocycles. The second-order valence-corrected chi connectivity index (χ2v) is 24.9. The molecule has 0 spiro atoms. The van der Waals surface area contributed by atoms with Gasteiger partial charge in [0.05, 0.1) is 11.2 Å². The first-order valence-corrected chi connectivity index (χ1v) is 31.3. The summed E-state index contributed by atoms with van der Waals surface area (Å²) in [4.78, 5) is 7.09. The second kappa shape index (κ2) is 21.9. The van der Waals surface area contributed by atoms with Crippen molar-refractivity contribution in [3.05, 3.63) is 350 Å². The highest BCUT2D eigenvalue weighted by Gasteiger charge is 2.38. The predicted molar refractivity (Wildman–Crippen MR) is 379 cm³/mol. The summed E-state index contributed by atoms with van der Waals surface area (Å²) >= 11 is 0. The van der Waals surface area contributed by atoms with E-state index in [1.54, 1.807) is 0 Å². The minimum Gasteiger partial charge on any atom is -0.311 e. The fraction of sp³-hybridized carbons (Fsp3) is 0.0698. The molecule has 1 heterocycles. The predicted octanol–water partition coefficient (Wildman–Crippen LogP) is 23.7. The van der Waals surface area contributed by atoms with Gasteiger partial charge in [0.1, 0.15) is 0 Å². The van der Waals surface area contributed by atoms with Gasteiger partial charge >= 0.3 is 0 Å². The van der Waals surface area contributed by atoms with Gasteiger partial charge in [-0.1, -0.05) is 216 Å². The van der Waals surface area contributed by atoms with E-state index < -0.39 is 0 Å². The maximum Gasteiger partial charge on any atom is 0.0619 e. The third-order valence-electron chi connectivity index (χ3n) is 18.9. The van der Waals surface area contributed by atoms with E-state index >= 15 is 0 Å². The quantitative estimate of drug-likeness (QED) is 0.114. The first-order chi connectivity index (χ1) is 44.2. The van der Waals surface area contributed by atoms with Gasteiger partial charge in [0.15, 0.2) is 0 Å². The summed E-state index contributed by atoms with van der Waals surface area (Å²) in [5.41, 5.74) is 29.5. The van der Waals surface area contributed by atoms with E-state index in [1.165, 1.54) is 88.9 Å². The Morgan fingerprint density at radius 1 is 0.244 bits per heavy atom. The van der Waals surface area contributed by atoms with Crippen LogP contribution in [-0.4, -0.2) is 4.57 Å². The zero-order valence-corrected chi connectivity index (χ0v) is 51.0. The minimum absolute atomic E-state index is 0.131. The first-order valence-electron chi connectivity index (χ1n) is 31.3. The van der Waals surface area contributed by atoms with Crippen LogP contribution in [0.5, 0.6) is 0 Å². The van der Waals surface area contributed by atoms with E-state index in [9.17, 15) is 0 Å². The Morgan fingerprint density at radius 2 is 0.600 bits per heavy atom. The minimum atomic E-state index is -0.273. The fourth-order valence-electron chi connectivity index (χ4n) is 14.5. The molecule has 16 rings (SSSR count). The molecule has 14 aromatic rings. The van der Waals surface area contributed by atoms with Crippen LogP contribution in [0.2, 0.25) is 0 Å². The van der Waals surface area contributed by atoms with Crippen molar-refractivity contribution in [2.24, 2.45) is 0 Å². The molecule has 0 N–H and O–H groups in total. The SMILES string of the molecule is CC1(C)c2ccccc2-c2ccc(N(c3ccccc3)c3ccc(N(c4ccc(-c5ccc6c(c5)C(C)(C)c5cc7c(cc5-6)c(-c5ccccc5)c(-c5ccccc5)n7-c5ccccc5)cc4)c4ccc(N(c5ccccc5)c5ccccc5)cc4)cc3)cc21. The Hall–Kier alpha value is -11.2. The third-order valence-corrected chi connectivity index (χ3v) is 18.9.